The third-order valence-corrected chi connectivity index (χ3v) is 4.66. The van der Waals surface area contributed by atoms with Gasteiger partial charge in [-0.1, -0.05) is 12.1 Å². The summed E-state index contributed by atoms with van der Waals surface area (Å²) >= 11 is 0. The van der Waals surface area contributed by atoms with Crippen molar-refractivity contribution in [1.29, 1.82) is 0 Å². The SMILES string of the molecule is O=S(=O)(NC1CC1)c1ccccc1NCc1ncc[nH]1. The summed E-state index contributed by atoms with van der Waals surface area (Å²) in [5.74, 6) is 0.757. The molecule has 0 bridgehead atoms. The van der Waals surface area contributed by atoms with E-state index in [1.807, 2.05) is 0 Å². The Labute approximate surface area is 117 Å². The maximum absolute atomic E-state index is 12.3. The second kappa shape index (κ2) is 5.26. The first kappa shape index (κ1) is 13.1. The van der Waals surface area contributed by atoms with Crippen molar-refractivity contribution < 1.29 is 8.42 Å². The number of anilines is 1. The summed E-state index contributed by atoms with van der Waals surface area (Å²) < 4.78 is 27.3. The van der Waals surface area contributed by atoms with Gasteiger partial charge in [-0.2, -0.15) is 0 Å². The molecule has 0 radical (unpaired) electrons. The summed E-state index contributed by atoms with van der Waals surface area (Å²) in [6.45, 7) is 0.447. The van der Waals surface area contributed by atoms with Crippen LogP contribution in [0, 0.1) is 0 Å². The first-order chi connectivity index (χ1) is 9.65. The predicted octanol–water partition coefficient (Wildman–Crippen LogP) is 1.46. The van der Waals surface area contributed by atoms with Gasteiger partial charge in [-0.15, -0.1) is 0 Å². The van der Waals surface area contributed by atoms with E-state index in [1.54, 1.807) is 36.7 Å². The number of aromatic nitrogens is 2. The van der Waals surface area contributed by atoms with Gasteiger partial charge in [0.05, 0.1) is 12.2 Å². The van der Waals surface area contributed by atoms with E-state index in [-0.39, 0.29) is 10.9 Å². The van der Waals surface area contributed by atoms with E-state index in [2.05, 4.69) is 20.0 Å². The molecule has 1 aliphatic carbocycles. The minimum absolute atomic E-state index is 0.0955. The molecule has 7 heteroatoms. The molecule has 0 saturated heterocycles. The van der Waals surface area contributed by atoms with Crippen molar-refractivity contribution in [2.24, 2.45) is 0 Å². The maximum Gasteiger partial charge on any atom is 0.242 e. The molecule has 0 unspecified atom stereocenters. The molecule has 1 aromatic carbocycles. The lowest BCUT2D eigenvalue weighted by Gasteiger charge is -2.12. The first-order valence-electron chi connectivity index (χ1n) is 6.49. The number of imidazole rings is 1. The summed E-state index contributed by atoms with van der Waals surface area (Å²) in [5, 5.41) is 3.10. The van der Waals surface area contributed by atoms with Gasteiger partial charge in [-0.05, 0) is 25.0 Å². The molecule has 0 atom stereocenters. The van der Waals surface area contributed by atoms with E-state index in [1.165, 1.54) is 0 Å². The first-order valence-corrected chi connectivity index (χ1v) is 7.97. The van der Waals surface area contributed by atoms with Crippen LogP contribution in [0.15, 0.2) is 41.6 Å². The fourth-order valence-corrected chi connectivity index (χ4v) is 3.39. The molecule has 20 heavy (non-hydrogen) atoms. The van der Waals surface area contributed by atoms with Gasteiger partial charge in [-0.3, -0.25) is 0 Å². The van der Waals surface area contributed by atoms with Crippen molar-refractivity contribution in [3.8, 4) is 0 Å². The van der Waals surface area contributed by atoms with Crippen molar-refractivity contribution in [2.45, 2.75) is 30.3 Å². The van der Waals surface area contributed by atoms with Gasteiger partial charge < -0.3 is 10.3 Å². The Morgan fingerprint density at radius 3 is 2.80 bits per heavy atom. The number of nitrogens with one attached hydrogen (secondary N) is 3. The Hall–Kier alpha value is -1.86. The normalized spacial score (nSPS) is 15.2. The minimum Gasteiger partial charge on any atom is -0.377 e. The molecular weight excluding hydrogens is 276 g/mol. The average molecular weight is 292 g/mol. The van der Waals surface area contributed by atoms with E-state index in [9.17, 15) is 8.42 Å². The lowest BCUT2D eigenvalue weighted by atomic mass is 10.3. The highest BCUT2D eigenvalue weighted by molar-refractivity contribution is 7.89. The van der Waals surface area contributed by atoms with Crippen LogP contribution in [-0.4, -0.2) is 24.4 Å². The molecule has 1 saturated carbocycles. The molecule has 1 fully saturated rings. The van der Waals surface area contributed by atoms with Gasteiger partial charge in [0.1, 0.15) is 10.7 Å². The fraction of sp³-hybridized carbons (Fsp3) is 0.308. The van der Waals surface area contributed by atoms with Gasteiger partial charge in [0, 0.05) is 18.4 Å². The molecule has 0 aliphatic heterocycles. The summed E-state index contributed by atoms with van der Waals surface area (Å²) in [4.78, 5) is 7.34. The van der Waals surface area contributed by atoms with Crippen molar-refractivity contribution in [3.05, 3.63) is 42.5 Å². The number of para-hydroxylation sites is 1. The number of benzene rings is 1. The summed E-state index contributed by atoms with van der Waals surface area (Å²) in [6.07, 6.45) is 5.23. The van der Waals surface area contributed by atoms with Crippen molar-refractivity contribution >= 4 is 15.7 Å². The lowest BCUT2D eigenvalue weighted by Crippen LogP contribution is -2.26. The van der Waals surface area contributed by atoms with E-state index >= 15 is 0 Å². The molecule has 6 nitrogen and oxygen atoms in total. The Kier molecular flexibility index (Phi) is 3.45. The molecule has 0 spiro atoms. The summed E-state index contributed by atoms with van der Waals surface area (Å²) in [5.41, 5.74) is 0.581. The molecule has 3 rings (SSSR count). The van der Waals surface area contributed by atoms with E-state index in [0.29, 0.717) is 12.2 Å². The highest BCUT2D eigenvalue weighted by Gasteiger charge is 2.29. The van der Waals surface area contributed by atoms with E-state index in [4.69, 9.17) is 0 Å². The standard InChI is InChI=1S/C13H16N4O2S/c18-20(19,17-10-5-6-10)12-4-2-1-3-11(12)16-9-13-14-7-8-15-13/h1-4,7-8,10,16-17H,5-6,9H2,(H,14,15). The average Bonchev–Trinajstić information content (AvgIpc) is 3.07. The predicted molar refractivity (Wildman–Crippen MR) is 75.7 cm³/mol. The summed E-state index contributed by atoms with van der Waals surface area (Å²) in [7, 11) is -3.46. The van der Waals surface area contributed by atoms with Crippen LogP contribution in [0.4, 0.5) is 5.69 Å². The highest BCUT2D eigenvalue weighted by Crippen LogP contribution is 2.26. The van der Waals surface area contributed by atoms with Crippen LogP contribution in [0.25, 0.3) is 0 Å². The van der Waals surface area contributed by atoms with E-state index in [0.717, 1.165) is 18.7 Å². The third-order valence-electron chi connectivity index (χ3n) is 3.08. The van der Waals surface area contributed by atoms with Crippen LogP contribution in [0.5, 0.6) is 0 Å². The molecular formula is C13H16N4O2S. The topological polar surface area (TPSA) is 86.9 Å². The zero-order chi connectivity index (χ0) is 14.0. The van der Waals surface area contributed by atoms with Gasteiger partial charge in [-0.25, -0.2) is 18.1 Å². The van der Waals surface area contributed by atoms with Crippen LogP contribution < -0.4 is 10.0 Å². The minimum atomic E-state index is -3.46. The quantitative estimate of drug-likeness (QED) is 0.752. The number of H-pyrrole nitrogens is 1. The van der Waals surface area contributed by atoms with Crippen LogP contribution in [0.2, 0.25) is 0 Å². The maximum atomic E-state index is 12.3. The molecule has 106 valence electrons. The smallest absolute Gasteiger partial charge is 0.242 e. The fourth-order valence-electron chi connectivity index (χ4n) is 1.90. The van der Waals surface area contributed by atoms with Crippen LogP contribution >= 0.6 is 0 Å². The monoisotopic (exact) mass is 292 g/mol. The number of aromatic amines is 1. The second-order valence-electron chi connectivity index (χ2n) is 4.78. The van der Waals surface area contributed by atoms with Crippen molar-refractivity contribution in [2.75, 3.05) is 5.32 Å². The lowest BCUT2D eigenvalue weighted by molar-refractivity contribution is 0.581. The van der Waals surface area contributed by atoms with Gasteiger partial charge >= 0.3 is 0 Å². The zero-order valence-electron chi connectivity index (χ0n) is 10.8. The number of hydrogen-bond donors (Lipinski definition) is 3. The third kappa shape index (κ3) is 3.00. The molecule has 1 heterocycles. The largest absolute Gasteiger partial charge is 0.377 e. The molecule has 1 aromatic heterocycles. The van der Waals surface area contributed by atoms with Crippen molar-refractivity contribution in [3.63, 3.8) is 0 Å². The van der Waals surface area contributed by atoms with Crippen LogP contribution in [0.1, 0.15) is 18.7 Å². The molecule has 1 aliphatic rings. The summed E-state index contributed by atoms with van der Waals surface area (Å²) in [6, 6.07) is 6.98. The number of sulfonamides is 1. The van der Waals surface area contributed by atoms with Gasteiger partial charge in [0.2, 0.25) is 10.0 Å². The Morgan fingerprint density at radius 2 is 2.10 bits per heavy atom. The zero-order valence-corrected chi connectivity index (χ0v) is 11.7. The van der Waals surface area contributed by atoms with E-state index < -0.39 is 10.0 Å². The Morgan fingerprint density at radius 1 is 1.30 bits per heavy atom. The van der Waals surface area contributed by atoms with Crippen LogP contribution in [0.3, 0.4) is 0 Å². The number of hydrogen-bond acceptors (Lipinski definition) is 4. The number of rotatable bonds is 6. The Bertz CT molecular complexity index is 678. The van der Waals surface area contributed by atoms with Crippen LogP contribution in [-0.2, 0) is 16.6 Å². The van der Waals surface area contributed by atoms with Gasteiger partial charge in [0.15, 0.2) is 0 Å². The van der Waals surface area contributed by atoms with Crippen molar-refractivity contribution in [1.82, 2.24) is 14.7 Å². The number of nitrogens with zero attached hydrogens (tertiary/aromatic N) is 1. The molecule has 3 N–H and O–H groups in total. The Balaban J connectivity index is 1.80. The molecule has 2 aromatic rings. The second-order valence-corrected chi connectivity index (χ2v) is 6.46. The van der Waals surface area contributed by atoms with Gasteiger partial charge in [0.25, 0.3) is 0 Å². The highest BCUT2D eigenvalue weighted by atomic mass is 32.2. The molecule has 0 amide bonds.